The van der Waals surface area contributed by atoms with Crippen LogP contribution in [0.25, 0.3) is 0 Å². The standard InChI is InChI=1S/C10H11N5O/c1-5-2-7(6(11)3-9(5)16)14-8-4-13-15-10(8)12/h2-4,16H,11H2,1H3,(H2,12,14,15). The average molecular weight is 217 g/mol. The first-order chi connectivity index (χ1) is 7.58. The van der Waals surface area contributed by atoms with Gasteiger partial charge in [-0.05, 0) is 18.6 Å². The highest BCUT2D eigenvalue weighted by molar-refractivity contribution is 6.63. The SMILES string of the molecule is Cc1cc(N=C2C=NN=C2N)c(N)cc1O. The topological polar surface area (TPSA) is 109 Å². The molecular formula is C10H11N5O. The van der Waals surface area contributed by atoms with E-state index < -0.39 is 0 Å². The first kappa shape index (κ1) is 10.2. The van der Waals surface area contributed by atoms with E-state index in [9.17, 15) is 5.11 Å². The van der Waals surface area contributed by atoms with Gasteiger partial charge in [0.25, 0.3) is 0 Å². The van der Waals surface area contributed by atoms with E-state index in [2.05, 4.69) is 15.2 Å². The first-order valence-electron chi connectivity index (χ1n) is 4.62. The number of aliphatic imine (C=N–C) groups is 1. The highest BCUT2D eigenvalue weighted by Gasteiger charge is 2.10. The van der Waals surface area contributed by atoms with E-state index in [4.69, 9.17) is 11.5 Å². The van der Waals surface area contributed by atoms with Crippen molar-refractivity contribution in [2.45, 2.75) is 6.92 Å². The van der Waals surface area contributed by atoms with Crippen molar-refractivity contribution >= 4 is 29.1 Å². The first-order valence-corrected chi connectivity index (χ1v) is 4.62. The molecule has 1 aromatic carbocycles. The molecule has 1 heterocycles. The summed E-state index contributed by atoms with van der Waals surface area (Å²) in [5.74, 6) is 0.397. The molecule has 0 saturated heterocycles. The predicted octanol–water partition coefficient (Wildman–Crippen LogP) is 0.712. The van der Waals surface area contributed by atoms with Crippen LogP contribution in [-0.2, 0) is 0 Å². The third-order valence-corrected chi connectivity index (χ3v) is 2.19. The Labute approximate surface area is 92.0 Å². The molecule has 0 atom stereocenters. The third-order valence-electron chi connectivity index (χ3n) is 2.19. The summed E-state index contributed by atoms with van der Waals surface area (Å²) in [5.41, 5.74) is 13.4. The summed E-state index contributed by atoms with van der Waals surface area (Å²) in [4.78, 5) is 4.22. The van der Waals surface area contributed by atoms with Gasteiger partial charge in [0.1, 0.15) is 11.5 Å². The number of hydrogen-bond acceptors (Lipinski definition) is 6. The van der Waals surface area contributed by atoms with Gasteiger partial charge in [-0.25, -0.2) is 4.99 Å². The molecule has 0 bridgehead atoms. The number of phenolic OH excluding ortho intramolecular Hbond substituents is 1. The Kier molecular flexibility index (Phi) is 2.32. The van der Waals surface area contributed by atoms with Gasteiger partial charge < -0.3 is 16.6 Å². The normalized spacial score (nSPS) is 16.8. The van der Waals surface area contributed by atoms with Gasteiger partial charge in [0.05, 0.1) is 17.6 Å². The van der Waals surface area contributed by atoms with Crippen molar-refractivity contribution in [2.24, 2.45) is 20.9 Å². The summed E-state index contributed by atoms with van der Waals surface area (Å²) < 4.78 is 0. The predicted molar refractivity (Wildman–Crippen MR) is 64.5 cm³/mol. The molecule has 0 aromatic heterocycles. The number of aromatic hydroxyl groups is 1. The van der Waals surface area contributed by atoms with E-state index in [1.807, 2.05) is 0 Å². The molecule has 1 aromatic rings. The Hall–Kier alpha value is -2.37. The molecule has 0 unspecified atom stereocenters. The molecule has 2 rings (SSSR count). The number of aryl methyl sites for hydroxylation is 1. The number of nitrogens with two attached hydrogens (primary N) is 2. The van der Waals surface area contributed by atoms with Crippen LogP contribution >= 0.6 is 0 Å². The van der Waals surface area contributed by atoms with E-state index in [1.54, 1.807) is 13.0 Å². The molecule has 1 aliphatic rings. The quantitative estimate of drug-likeness (QED) is 0.602. The van der Waals surface area contributed by atoms with Crippen LogP contribution in [0.3, 0.4) is 0 Å². The number of rotatable bonds is 1. The van der Waals surface area contributed by atoms with Gasteiger partial charge in [-0.3, -0.25) is 0 Å². The highest BCUT2D eigenvalue weighted by atomic mass is 16.3. The fraction of sp³-hybridized carbons (Fsp3) is 0.100. The summed E-state index contributed by atoms with van der Waals surface area (Å²) >= 11 is 0. The molecule has 0 spiro atoms. The van der Waals surface area contributed by atoms with Crippen LogP contribution in [0.5, 0.6) is 5.75 Å². The molecule has 5 N–H and O–H groups in total. The molecule has 0 aliphatic carbocycles. The van der Waals surface area contributed by atoms with Gasteiger partial charge in [-0.2, -0.15) is 5.10 Å². The number of hydrogen-bond donors (Lipinski definition) is 3. The van der Waals surface area contributed by atoms with E-state index in [0.29, 0.717) is 22.6 Å². The molecule has 0 fully saturated rings. The van der Waals surface area contributed by atoms with Crippen molar-refractivity contribution in [2.75, 3.05) is 5.73 Å². The Balaban J connectivity index is 2.46. The lowest BCUT2D eigenvalue weighted by molar-refractivity contribution is 0.471. The lowest BCUT2D eigenvalue weighted by atomic mass is 10.1. The van der Waals surface area contributed by atoms with Gasteiger partial charge in [0.15, 0.2) is 5.84 Å². The molecule has 0 amide bonds. The van der Waals surface area contributed by atoms with Gasteiger partial charge in [-0.1, -0.05) is 0 Å². The summed E-state index contributed by atoms with van der Waals surface area (Å²) in [5, 5.41) is 16.7. The summed E-state index contributed by atoms with van der Waals surface area (Å²) in [6.45, 7) is 1.76. The maximum Gasteiger partial charge on any atom is 0.173 e. The summed E-state index contributed by atoms with van der Waals surface area (Å²) in [6.07, 6.45) is 1.46. The van der Waals surface area contributed by atoms with Crippen LogP contribution < -0.4 is 11.5 Å². The minimum Gasteiger partial charge on any atom is -0.508 e. The maximum absolute atomic E-state index is 9.43. The fourth-order valence-electron chi connectivity index (χ4n) is 1.27. The molecule has 0 saturated carbocycles. The molecule has 1 aliphatic heterocycles. The minimum absolute atomic E-state index is 0.142. The van der Waals surface area contributed by atoms with Crippen LogP contribution in [0.4, 0.5) is 11.4 Å². The van der Waals surface area contributed by atoms with E-state index >= 15 is 0 Å². The molecule has 82 valence electrons. The number of nitrogen functional groups attached to an aromatic ring is 1. The Morgan fingerprint density at radius 1 is 1.31 bits per heavy atom. The number of benzene rings is 1. The van der Waals surface area contributed by atoms with Gasteiger partial charge >= 0.3 is 0 Å². The fourth-order valence-corrected chi connectivity index (χ4v) is 1.27. The zero-order chi connectivity index (χ0) is 11.7. The van der Waals surface area contributed by atoms with Crippen LogP contribution in [0.2, 0.25) is 0 Å². The summed E-state index contributed by atoms with van der Waals surface area (Å²) in [6, 6.07) is 3.13. The zero-order valence-corrected chi connectivity index (χ0v) is 8.68. The second kappa shape index (κ2) is 3.65. The lowest BCUT2D eigenvalue weighted by Gasteiger charge is -2.04. The van der Waals surface area contributed by atoms with Crippen molar-refractivity contribution in [3.8, 4) is 5.75 Å². The molecule has 6 nitrogen and oxygen atoms in total. The minimum atomic E-state index is 0.142. The maximum atomic E-state index is 9.43. The number of amidine groups is 1. The van der Waals surface area contributed by atoms with Crippen LogP contribution in [0, 0.1) is 6.92 Å². The van der Waals surface area contributed by atoms with Gasteiger partial charge in [-0.15, -0.1) is 5.10 Å². The largest absolute Gasteiger partial charge is 0.508 e. The van der Waals surface area contributed by atoms with Crippen molar-refractivity contribution in [3.63, 3.8) is 0 Å². The van der Waals surface area contributed by atoms with Crippen LogP contribution in [-0.4, -0.2) is 22.9 Å². The van der Waals surface area contributed by atoms with E-state index in [1.165, 1.54) is 12.3 Å². The third kappa shape index (κ3) is 1.72. The van der Waals surface area contributed by atoms with Crippen molar-refractivity contribution < 1.29 is 5.11 Å². The van der Waals surface area contributed by atoms with Crippen LogP contribution in [0.15, 0.2) is 27.3 Å². The molecule has 0 radical (unpaired) electrons. The Morgan fingerprint density at radius 3 is 2.69 bits per heavy atom. The van der Waals surface area contributed by atoms with Crippen LogP contribution in [0.1, 0.15) is 5.56 Å². The molecular weight excluding hydrogens is 206 g/mol. The van der Waals surface area contributed by atoms with E-state index in [0.717, 1.165) is 0 Å². The van der Waals surface area contributed by atoms with Gasteiger partial charge in [0.2, 0.25) is 0 Å². The van der Waals surface area contributed by atoms with Crippen molar-refractivity contribution in [1.29, 1.82) is 0 Å². The second-order valence-corrected chi connectivity index (χ2v) is 3.42. The smallest absolute Gasteiger partial charge is 0.173 e. The lowest BCUT2D eigenvalue weighted by Crippen LogP contribution is -2.21. The van der Waals surface area contributed by atoms with Gasteiger partial charge in [0, 0.05) is 6.07 Å². The average Bonchev–Trinajstić information content (AvgIpc) is 2.61. The zero-order valence-electron chi connectivity index (χ0n) is 8.68. The monoisotopic (exact) mass is 217 g/mol. The molecule has 16 heavy (non-hydrogen) atoms. The number of anilines is 1. The second-order valence-electron chi connectivity index (χ2n) is 3.42. The number of nitrogens with zero attached hydrogens (tertiary/aromatic N) is 3. The summed E-state index contributed by atoms with van der Waals surface area (Å²) in [7, 11) is 0. The van der Waals surface area contributed by atoms with Crippen molar-refractivity contribution in [3.05, 3.63) is 17.7 Å². The molecule has 6 heteroatoms. The van der Waals surface area contributed by atoms with E-state index in [-0.39, 0.29) is 11.6 Å². The number of phenols is 1. The Bertz CT molecular complexity index is 530. The highest BCUT2D eigenvalue weighted by Crippen LogP contribution is 2.29. The van der Waals surface area contributed by atoms with Crippen molar-refractivity contribution in [1.82, 2.24) is 0 Å². The Morgan fingerprint density at radius 2 is 2.06 bits per heavy atom.